The van der Waals surface area contributed by atoms with E-state index in [-0.39, 0.29) is 22.3 Å². The number of carbonyl (C=O) groups excluding carboxylic acids is 3. The summed E-state index contributed by atoms with van der Waals surface area (Å²) in [5, 5.41) is 1.78. The topological polar surface area (TPSA) is 93.5 Å². The standard InChI is InChI=1S/C17H16ClN3O4S/c1-7-11(9(3)22)8(2)19-12(7)14(23)10(4)25-16(24)13-15(18)20-17-21(13)5-6-26-17/h5-6,10,19H,1-4H3/t10-/m1/s1. The van der Waals surface area contributed by atoms with Gasteiger partial charge < -0.3 is 9.72 Å². The maximum atomic E-state index is 12.7. The Morgan fingerprint density at radius 3 is 2.65 bits per heavy atom. The van der Waals surface area contributed by atoms with E-state index >= 15 is 0 Å². The second-order valence-corrected chi connectivity index (χ2v) is 7.13. The number of halogens is 1. The van der Waals surface area contributed by atoms with Crippen molar-refractivity contribution in [2.45, 2.75) is 33.8 Å². The van der Waals surface area contributed by atoms with E-state index in [0.717, 1.165) is 0 Å². The van der Waals surface area contributed by atoms with Gasteiger partial charge in [-0.15, -0.1) is 11.3 Å². The number of thiazole rings is 1. The molecule has 0 radical (unpaired) electrons. The third-order valence-corrected chi connectivity index (χ3v) is 5.12. The zero-order valence-electron chi connectivity index (χ0n) is 14.5. The fraction of sp³-hybridized carbons (Fsp3) is 0.294. The maximum absolute atomic E-state index is 12.7. The van der Waals surface area contributed by atoms with Gasteiger partial charge in [-0.2, -0.15) is 0 Å². The first kappa shape index (κ1) is 18.3. The molecule has 0 aromatic carbocycles. The van der Waals surface area contributed by atoms with E-state index in [0.29, 0.717) is 21.8 Å². The molecular formula is C17H16ClN3O4S. The number of aromatic amines is 1. The molecule has 3 rings (SSSR count). The molecule has 0 aliphatic carbocycles. The first-order chi connectivity index (χ1) is 12.2. The van der Waals surface area contributed by atoms with Gasteiger partial charge in [-0.25, -0.2) is 9.78 Å². The third-order valence-electron chi connectivity index (χ3n) is 4.10. The molecule has 0 bridgehead atoms. The smallest absolute Gasteiger partial charge is 0.359 e. The minimum absolute atomic E-state index is 0.0206. The Bertz CT molecular complexity index is 1050. The summed E-state index contributed by atoms with van der Waals surface area (Å²) in [4.78, 5) is 44.4. The first-order valence-corrected chi connectivity index (χ1v) is 9.04. The molecule has 3 aromatic rings. The van der Waals surface area contributed by atoms with E-state index in [1.807, 2.05) is 0 Å². The lowest BCUT2D eigenvalue weighted by Gasteiger charge is -2.12. The summed E-state index contributed by atoms with van der Waals surface area (Å²) in [6.45, 7) is 6.32. The number of nitrogens with zero attached hydrogens (tertiary/aromatic N) is 2. The van der Waals surface area contributed by atoms with E-state index in [4.69, 9.17) is 16.3 Å². The number of H-pyrrole nitrogens is 1. The molecule has 0 saturated carbocycles. The van der Waals surface area contributed by atoms with Crippen molar-refractivity contribution in [1.82, 2.24) is 14.4 Å². The van der Waals surface area contributed by atoms with Crippen molar-refractivity contribution in [3.63, 3.8) is 0 Å². The van der Waals surface area contributed by atoms with Gasteiger partial charge in [0.05, 0.1) is 5.69 Å². The number of ether oxygens (including phenoxy) is 1. The molecule has 136 valence electrons. The Labute approximate surface area is 157 Å². The zero-order valence-corrected chi connectivity index (χ0v) is 16.1. The first-order valence-electron chi connectivity index (χ1n) is 7.78. The number of rotatable bonds is 5. The molecule has 1 N–H and O–H groups in total. The van der Waals surface area contributed by atoms with Gasteiger partial charge in [-0.3, -0.25) is 14.0 Å². The summed E-state index contributed by atoms with van der Waals surface area (Å²) in [5.74, 6) is -1.30. The van der Waals surface area contributed by atoms with Crippen molar-refractivity contribution in [3.8, 4) is 0 Å². The highest BCUT2D eigenvalue weighted by atomic mass is 35.5. The van der Waals surface area contributed by atoms with Gasteiger partial charge >= 0.3 is 5.97 Å². The highest BCUT2D eigenvalue weighted by Crippen LogP contribution is 2.24. The number of aromatic nitrogens is 3. The van der Waals surface area contributed by atoms with E-state index < -0.39 is 17.9 Å². The van der Waals surface area contributed by atoms with Crippen LogP contribution in [0, 0.1) is 13.8 Å². The summed E-state index contributed by atoms with van der Waals surface area (Å²) in [6.07, 6.45) is 0.596. The normalized spacial score (nSPS) is 12.3. The van der Waals surface area contributed by atoms with Crippen molar-refractivity contribution < 1.29 is 19.1 Å². The van der Waals surface area contributed by atoms with Crippen LogP contribution in [0.1, 0.15) is 56.4 Å². The number of carbonyl (C=O) groups is 3. The highest BCUT2D eigenvalue weighted by Gasteiger charge is 2.28. The zero-order chi connectivity index (χ0) is 19.2. The summed E-state index contributed by atoms with van der Waals surface area (Å²) < 4.78 is 6.82. The average Bonchev–Trinajstić information content (AvgIpc) is 3.18. The van der Waals surface area contributed by atoms with Crippen LogP contribution in [0.25, 0.3) is 4.96 Å². The van der Waals surface area contributed by atoms with Crippen molar-refractivity contribution in [1.29, 1.82) is 0 Å². The Kier molecular flexibility index (Phi) is 4.72. The lowest BCUT2D eigenvalue weighted by molar-refractivity contribution is 0.0310. The molecule has 0 unspecified atom stereocenters. The minimum atomic E-state index is -1.06. The molecule has 1 atom stereocenters. The lowest BCUT2D eigenvalue weighted by atomic mass is 10.0. The Hall–Kier alpha value is -2.45. The largest absolute Gasteiger partial charge is 0.449 e. The number of fused-ring (bicyclic) bond motifs is 1. The number of nitrogens with one attached hydrogen (secondary N) is 1. The van der Waals surface area contributed by atoms with Gasteiger partial charge in [0, 0.05) is 22.8 Å². The van der Waals surface area contributed by atoms with E-state index in [1.54, 1.807) is 25.4 Å². The van der Waals surface area contributed by atoms with Crippen LogP contribution in [0.2, 0.25) is 5.15 Å². The van der Waals surface area contributed by atoms with E-state index in [9.17, 15) is 14.4 Å². The second-order valence-electron chi connectivity index (χ2n) is 5.90. The van der Waals surface area contributed by atoms with Crippen molar-refractivity contribution in [2.24, 2.45) is 0 Å². The molecule has 3 heterocycles. The number of aryl methyl sites for hydroxylation is 1. The fourth-order valence-electron chi connectivity index (χ4n) is 2.94. The highest BCUT2D eigenvalue weighted by molar-refractivity contribution is 7.15. The van der Waals surface area contributed by atoms with Crippen LogP contribution in [0.5, 0.6) is 0 Å². The maximum Gasteiger partial charge on any atom is 0.359 e. The van der Waals surface area contributed by atoms with Gasteiger partial charge in [0.25, 0.3) is 0 Å². The number of imidazole rings is 1. The number of esters is 1. The van der Waals surface area contributed by atoms with Crippen LogP contribution in [0.15, 0.2) is 11.6 Å². The SMILES string of the molecule is CC(=O)c1c(C)[nH]c(C(=O)[C@@H](C)OC(=O)c2c(Cl)nc3sccn23)c1C. The lowest BCUT2D eigenvalue weighted by Crippen LogP contribution is -2.26. The van der Waals surface area contributed by atoms with Crippen molar-refractivity contribution in [3.05, 3.63) is 44.9 Å². The van der Waals surface area contributed by atoms with Gasteiger partial charge in [-0.1, -0.05) is 11.6 Å². The van der Waals surface area contributed by atoms with Crippen molar-refractivity contribution in [2.75, 3.05) is 0 Å². The van der Waals surface area contributed by atoms with Crippen LogP contribution in [0.3, 0.4) is 0 Å². The average molecular weight is 394 g/mol. The van der Waals surface area contributed by atoms with Gasteiger partial charge in [-0.05, 0) is 33.3 Å². The molecule has 0 aliphatic rings. The number of ketones is 2. The van der Waals surface area contributed by atoms with Crippen LogP contribution in [-0.4, -0.2) is 38.0 Å². The van der Waals surface area contributed by atoms with Crippen LogP contribution >= 0.6 is 22.9 Å². The third kappa shape index (κ3) is 2.95. The molecule has 0 aliphatic heterocycles. The monoisotopic (exact) mass is 393 g/mol. The Morgan fingerprint density at radius 2 is 2.04 bits per heavy atom. The summed E-state index contributed by atoms with van der Waals surface area (Å²) >= 11 is 7.34. The number of Topliss-reactive ketones (excluding diaryl/α,β-unsaturated/α-hetero) is 2. The molecule has 9 heteroatoms. The molecule has 0 saturated heterocycles. The molecule has 0 amide bonds. The number of hydrogen-bond donors (Lipinski definition) is 1. The fourth-order valence-corrected chi connectivity index (χ4v) is 3.95. The quantitative estimate of drug-likeness (QED) is 0.527. The molecule has 3 aromatic heterocycles. The van der Waals surface area contributed by atoms with Gasteiger partial charge in [0.1, 0.15) is 0 Å². The summed E-state index contributed by atoms with van der Waals surface area (Å²) in [7, 11) is 0. The second kappa shape index (κ2) is 6.69. The van der Waals surface area contributed by atoms with Gasteiger partial charge in [0.15, 0.2) is 27.7 Å². The van der Waals surface area contributed by atoms with Crippen LogP contribution < -0.4 is 0 Å². The number of hydrogen-bond acceptors (Lipinski definition) is 6. The van der Waals surface area contributed by atoms with Crippen LogP contribution in [0.4, 0.5) is 0 Å². The van der Waals surface area contributed by atoms with Crippen molar-refractivity contribution >= 4 is 45.4 Å². The van der Waals surface area contributed by atoms with E-state index in [2.05, 4.69) is 9.97 Å². The Morgan fingerprint density at radius 1 is 1.35 bits per heavy atom. The molecule has 7 nitrogen and oxygen atoms in total. The predicted molar refractivity (Wildman–Crippen MR) is 97.6 cm³/mol. The minimum Gasteiger partial charge on any atom is -0.449 e. The molecule has 26 heavy (non-hydrogen) atoms. The Balaban J connectivity index is 1.85. The molecular weight excluding hydrogens is 378 g/mol. The van der Waals surface area contributed by atoms with E-state index in [1.165, 1.54) is 29.6 Å². The van der Waals surface area contributed by atoms with Gasteiger partial charge in [0.2, 0.25) is 5.78 Å². The predicted octanol–water partition coefficient (Wildman–Crippen LogP) is 3.62. The summed E-state index contributed by atoms with van der Waals surface area (Å²) in [5.41, 5.74) is 1.96. The molecule has 0 spiro atoms. The molecule has 0 fully saturated rings. The summed E-state index contributed by atoms with van der Waals surface area (Å²) in [6, 6.07) is 0. The van der Waals surface area contributed by atoms with Crippen LogP contribution in [-0.2, 0) is 4.74 Å².